The molecule has 3 aromatic rings. The number of piperidine rings is 1. The lowest BCUT2D eigenvalue weighted by molar-refractivity contribution is 0.126. The van der Waals surface area contributed by atoms with Gasteiger partial charge in [-0.25, -0.2) is 18.6 Å². The van der Waals surface area contributed by atoms with Crippen molar-refractivity contribution in [1.29, 1.82) is 0 Å². The number of H-pyrrole nitrogens is 1. The third-order valence-corrected chi connectivity index (χ3v) is 5.68. The molecule has 0 unspecified atom stereocenters. The Hall–Kier alpha value is -3.00. The summed E-state index contributed by atoms with van der Waals surface area (Å²) in [6.07, 6.45) is 3.25. The molecule has 1 fully saturated rings. The molecule has 2 aromatic carbocycles. The van der Waals surface area contributed by atoms with Gasteiger partial charge in [-0.05, 0) is 56.7 Å². The fourth-order valence-corrected chi connectivity index (χ4v) is 3.87. The summed E-state index contributed by atoms with van der Waals surface area (Å²) in [5, 5.41) is 2.95. The number of nitrogens with one attached hydrogen (secondary N) is 2. The number of carbonyl (C=O) groups is 1. The first-order chi connectivity index (χ1) is 14.5. The van der Waals surface area contributed by atoms with E-state index in [4.69, 9.17) is 0 Å². The standard InChI is InChI=1S/C22H25F2N5O/c1-28-8-6-18(7-9-28)29(13-16-3-4-17(23)11-19(16)24)22(30)25-12-15-2-5-20-21(10-15)27-14-26-20/h2-5,10-11,14,18H,6-9,12-13H2,1H3,(H,25,30)(H,26,27). The van der Waals surface area contributed by atoms with Crippen LogP contribution in [0.15, 0.2) is 42.7 Å². The SMILES string of the molecule is CN1CCC(N(Cc2ccc(F)cc2F)C(=O)NCc2ccc3[nH]cnc3c2)CC1. The molecule has 0 saturated carbocycles. The van der Waals surface area contributed by atoms with Crippen molar-refractivity contribution in [1.82, 2.24) is 25.1 Å². The first kappa shape index (κ1) is 20.3. The van der Waals surface area contributed by atoms with Crippen LogP contribution in [-0.2, 0) is 13.1 Å². The predicted octanol–water partition coefficient (Wildman–Crippen LogP) is 3.65. The summed E-state index contributed by atoms with van der Waals surface area (Å²) < 4.78 is 27.5. The minimum Gasteiger partial charge on any atom is -0.345 e. The van der Waals surface area contributed by atoms with E-state index >= 15 is 0 Å². The molecular weight excluding hydrogens is 388 g/mol. The summed E-state index contributed by atoms with van der Waals surface area (Å²) in [6, 6.07) is 9.01. The molecule has 2 heterocycles. The molecule has 30 heavy (non-hydrogen) atoms. The van der Waals surface area contributed by atoms with Crippen molar-refractivity contribution in [3.63, 3.8) is 0 Å². The largest absolute Gasteiger partial charge is 0.345 e. The molecule has 0 radical (unpaired) electrons. The highest BCUT2D eigenvalue weighted by Crippen LogP contribution is 2.21. The predicted molar refractivity (Wildman–Crippen MR) is 111 cm³/mol. The Morgan fingerprint density at radius 2 is 2.03 bits per heavy atom. The van der Waals surface area contributed by atoms with Gasteiger partial charge in [-0.15, -0.1) is 0 Å². The summed E-state index contributed by atoms with van der Waals surface area (Å²) in [7, 11) is 2.05. The van der Waals surface area contributed by atoms with Crippen molar-refractivity contribution in [2.75, 3.05) is 20.1 Å². The monoisotopic (exact) mass is 413 g/mol. The molecule has 4 rings (SSSR count). The maximum Gasteiger partial charge on any atom is 0.318 e. The topological polar surface area (TPSA) is 64.3 Å². The number of nitrogens with zero attached hydrogens (tertiary/aromatic N) is 3. The summed E-state index contributed by atoms with van der Waals surface area (Å²) in [5.74, 6) is -1.26. The quantitative estimate of drug-likeness (QED) is 0.671. The van der Waals surface area contributed by atoms with E-state index in [2.05, 4.69) is 20.2 Å². The number of rotatable bonds is 5. The molecule has 0 aliphatic carbocycles. The second-order valence-corrected chi connectivity index (χ2v) is 7.81. The van der Waals surface area contributed by atoms with E-state index in [0.717, 1.165) is 48.6 Å². The van der Waals surface area contributed by atoms with E-state index in [1.165, 1.54) is 12.1 Å². The van der Waals surface area contributed by atoms with Crippen LogP contribution in [-0.4, -0.2) is 52.0 Å². The number of aromatic amines is 1. The van der Waals surface area contributed by atoms with Crippen molar-refractivity contribution in [2.24, 2.45) is 0 Å². The molecule has 1 aromatic heterocycles. The van der Waals surface area contributed by atoms with E-state index in [1.807, 2.05) is 25.2 Å². The number of imidazole rings is 1. The Bertz CT molecular complexity index is 1030. The van der Waals surface area contributed by atoms with Gasteiger partial charge in [-0.1, -0.05) is 12.1 Å². The number of amides is 2. The van der Waals surface area contributed by atoms with E-state index in [1.54, 1.807) is 11.2 Å². The fraction of sp³-hybridized carbons (Fsp3) is 0.364. The minimum atomic E-state index is -0.635. The van der Waals surface area contributed by atoms with E-state index in [-0.39, 0.29) is 18.6 Å². The van der Waals surface area contributed by atoms with E-state index < -0.39 is 11.6 Å². The van der Waals surface area contributed by atoms with Gasteiger partial charge < -0.3 is 20.1 Å². The highest BCUT2D eigenvalue weighted by molar-refractivity contribution is 5.76. The molecule has 1 aliphatic rings. The minimum absolute atomic E-state index is 0.000487. The number of likely N-dealkylation sites (tertiary alicyclic amines) is 1. The zero-order valence-corrected chi connectivity index (χ0v) is 16.9. The first-order valence-corrected chi connectivity index (χ1v) is 10.1. The van der Waals surface area contributed by atoms with Gasteiger partial charge in [0.25, 0.3) is 0 Å². The second-order valence-electron chi connectivity index (χ2n) is 7.81. The molecular formula is C22H25F2N5O. The van der Waals surface area contributed by atoms with Crippen LogP contribution in [0.2, 0.25) is 0 Å². The first-order valence-electron chi connectivity index (χ1n) is 10.1. The maximum absolute atomic E-state index is 14.3. The van der Waals surface area contributed by atoms with Gasteiger partial charge in [0, 0.05) is 24.2 Å². The van der Waals surface area contributed by atoms with Gasteiger partial charge in [-0.2, -0.15) is 0 Å². The van der Waals surface area contributed by atoms with E-state index in [9.17, 15) is 13.6 Å². The summed E-state index contributed by atoms with van der Waals surface area (Å²) in [4.78, 5) is 24.2. The number of fused-ring (bicyclic) bond motifs is 1. The van der Waals surface area contributed by atoms with Crippen molar-refractivity contribution >= 4 is 17.1 Å². The normalized spacial score (nSPS) is 15.4. The second kappa shape index (κ2) is 8.79. The fourth-order valence-electron chi connectivity index (χ4n) is 3.87. The number of hydrogen-bond acceptors (Lipinski definition) is 3. The molecule has 2 amide bonds. The average Bonchev–Trinajstić information content (AvgIpc) is 3.20. The van der Waals surface area contributed by atoms with Gasteiger partial charge in [0.2, 0.25) is 0 Å². The summed E-state index contributed by atoms with van der Waals surface area (Å²) in [6.45, 7) is 2.19. The Kier molecular flexibility index (Phi) is 5.94. The van der Waals surface area contributed by atoms with Gasteiger partial charge in [0.1, 0.15) is 11.6 Å². The van der Waals surface area contributed by atoms with Crippen LogP contribution in [0.25, 0.3) is 11.0 Å². The van der Waals surface area contributed by atoms with Crippen LogP contribution in [0.1, 0.15) is 24.0 Å². The third-order valence-electron chi connectivity index (χ3n) is 5.68. The smallest absolute Gasteiger partial charge is 0.318 e. The number of aromatic nitrogens is 2. The summed E-state index contributed by atoms with van der Waals surface area (Å²) in [5.41, 5.74) is 3.01. The zero-order valence-electron chi connectivity index (χ0n) is 16.9. The Labute approximate surface area is 173 Å². The zero-order chi connectivity index (χ0) is 21.1. The lowest BCUT2D eigenvalue weighted by Gasteiger charge is -2.37. The number of halogens is 2. The third kappa shape index (κ3) is 4.59. The molecule has 1 aliphatic heterocycles. The van der Waals surface area contributed by atoms with E-state index in [0.29, 0.717) is 12.1 Å². The van der Waals surface area contributed by atoms with Crippen molar-refractivity contribution < 1.29 is 13.6 Å². The Morgan fingerprint density at radius 3 is 2.80 bits per heavy atom. The number of benzene rings is 2. The molecule has 0 bridgehead atoms. The Morgan fingerprint density at radius 1 is 1.23 bits per heavy atom. The number of urea groups is 1. The van der Waals surface area contributed by atoms with Crippen molar-refractivity contribution in [2.45, 2.75) is 32.0 Å². The van der Waals surface area contributed by atoms with Crippen molar-refractivity contribution in [3.8, 4) is 0 Å². The molecule has 158 valence electrons. The van der Waals surface area contributed by atoms with Crippen LogP contribution in [0.5, 0.6) is 0 Å². The van der Waals surface area contributed by atoms with Crippen LogP contribution in [0.3, 0.4) is 0 Å². The molecule has 6 nitrogen and oxygen atoms in total. The number of carbonyl (C=O) groups excluding carboxylic acids is 1. The molecule has 2 N–H and O–H groups in total. The Balaban J connectivity index is 1.49. The molecule has 8 heteroatoms. The highest BCUT2D eigenvalue weighted by atomic mass is 19.1. The molecule has 1 saturated heterocycles. The molecule has 0 atom stereocenters. The lowest BCUT2D eigenvalue weighted by Crippen LogP contribution is -2.49. The average molecular weight is 413 g/mol. The van der Waals surface area contributed by atoms with Crippen LogP contribution in [0.4, 0.5) is 13.6 Å². The van der Waals surface area contributed by atoms with Gasteiger partial charge in [-0.3, -0.25) is 0 Å². The summed E-state index contributed by atoms with van der Waals surface area (Å²) >= 11 is 0. The molecule has 0 spiro atoms. The van der Waals surface area contributed by atoms with Crippen LogP contribution in [0, 0.1) is 11.6 Å². The number of hydrogen-bond donors (Lipinski definition) is 2. The van der Waals surface area contributed by atoms with Gasteiger partial charge in [0.15, 0.2) is 0 Å². The van der Waals surface area contributed by atoms with Crippen LogP contribution >= 0.6 is 0 Å². The van der Waals surface area contributed by atoms with Crippen LogP contribution < -0.4 is 5.32 Å². The van der Waals surface area contributed by atoms with Crippen molar-refractivity contribution in [3.05, 3.63) is 65.5 Å². The highest BCUT2D eigenvalue weighted by Gasteiger charge is 2.27. The van der Waals surface area contributed by atoms with Gasteiger partial charge in [0.05, 0.1) is 23.9 Å². The van der Waals surface area contributed by atoms with Gasteiger partial charge >= 0.3 is 6.03 Å². The maximum atomic E-state index is 14.3. The lowest BCUT2D eigenvalue weighted by atomic mass is 10.0.